The minimum Gasteiger partial charge on any atom is -0.480 e. The quantitative estimate of drug-likeness (QED) is 0.726. The first kappa shape index (κ1) is 19.9. The first-order valence-corrected chi connectivity index (χ1v) is 10.1. The summed E-state index contributed by atoms with van der Waals surface area (Å²) in [6.07, 6.45) is 0.850. The highest BCUT2D eigenvalue weighted by Gasteiger charge is 2.25. The predicted octanol–water partition coefficient (Wildman–Crippen LogP) is 2.91. The van der Waals surface area contributed by atoms with Gasteiger partial charge in [0.1, 0.15) is 6.54 Å². The Hall–Kier alpha value is -2.80. The summed E-state index contributed by atoms with van der Waals surface area (Å²) in [7, 11) is 0. The number of carbonyl (C=O) groups is 3. The fourth-order valence-electron chi connectivity index (χ4n) is 3.24. The maximum absolute atomic E-state index is 12.8. The molecule has 2 aromatic carbocycles. The van der Waals surface area contributed by atoms with Crippen molar-refractivity contribution in [2.75, 3.05) is 30.3 Å². The van der Waals surface area contributed by atoms with Crippen LogP contribution in [-0.2, 0) is 16.0 Å². The molecular weight excluding hydrogens is 376 g/mol. The molecule has 0 atom stereocenters. The number of benzene rings is 2. The summed E-state index contributed by atoms with van der Waals surface area (Å²) in [4.78, 5) is 40.2. The van der Waals surface area contributed by atoms with Crippen LogP contribution in [0.25, 0.3) is 0 Å². The molecule has 146 valence electrons. The van der Waals surface area contributed by atoms with E-state index in [0.717, 1.165) is 12.1 Å². The van der Waals surface area contributed by atoms with Crippen LogP contribution in [0.5, 0.6) is 0 Å². The number of carboxylic acid groups (broad SMARTS) is 1. The van der Waals surface area contributed by atoms with Crippen LogP contribution in [0.2, 0.25) is 0 Å². The van der Waals surface area contributed by atoms with Crippen LogP contribution in [0.1, 0.15) is 22.8 Å². The topological polar surface area (TPSA) is 77.9 Å². The van der Waals surface area contributed by atoms with E-state index >= 15 is 0 Å². The highest BCUT2D eigenvalue weighted by atomic mass is 32.2. The average Bonchev–Trinajstić information content (AvgIpc) is 3.14. The second kappa shape index (κ2) is 8.93. The second-order valence-electron chi connectivity index (χ2n) is 6.42. The lowest BCUT2D eigenvalue weighted by molar-refractivity contribution is -0.137. The summed E-state index contributed by atoms with van der Waals surface area (Å²) in [5, 5.41) is 9.01. The first-order chi connectivity index (χ1) is 13.5. The molecule has 0 saturated carbocycles. The van der Waals surface area contributed by atoms with Crippen molar-refractivity contribution in [2.24, 2.45) is 0 Å². The number of thioether (sulfide) groups is 1. The number of hydrogen-bond donors (Lipinski definition) is 1. The Bertz CT molecular complexity index is 899. The van der Waals surface area contributed by atoms with Gasteiger partial charge in [-0.25, -0.2) is 0 Å². The van der Waals surface area contributed by atoms with Gasteiger partial charge in [0.2, 0.25) is 5.91 Å². The van der Waals surface area contributed by atoms with E-state index in [0.29, 0.717) is 23.5 Å². The third kappa shape index (κ3) is 4.36. The monoisotopic (exact) mass is 398 g/mol. The molecule has 1 aliphatic heterocycles. The van der Waals surface area contributed by atoms with Gasteiger partial charge in [-0.1, -0.05) is 30.3 Å². The smallest absolute Gasteiger partial charge is 0.323 e. The van der Waals surface area contributed by atoms with Crippen molar-refractivity contribution >= 4 is 35.2 Å². The fraction of sp³-hybridized carbons (Fsp3) is 0.286. The molecule has 0 spiro atoms. The van der Waals surface area contributed by atoms with Crippen LogP contribution in [0.4, 0.5) is 5.69 Å². The largest absolute Gasteiger partial charge is 0.480 e. The maximum atomic E-state index is 12.8. The molecular formula is C21H22N2O4S. The molecule has 3 rings (SSSR count). The second-order valence-corrected chi connectivity index (χ2v) is 7.44. The summed E-state index contributed by atoms with van der Waals surface area (Å²) < 4.78 is 0. The normalized spacial score (nSPS) is 12.5. The standard InChI is InChI=1S/C21H22N2O4S/c1-2-22(13-20(25)26)21(27)16-8-4-6-10-18(16)28-14-19(24)23-12-11-15-7-3-5-9-17(15)23/h3-10H,2,11-14H2,1H3,(H,25,26). The first-order valence-electron chi connectivity index (χ1n) is 9.12. The maximum Gasteiger partial charge on any atom is 0.323 e. The van der Waals surface area contributed by atoms with Gasteiger partial charge in [-0.05, 0) is 37.1 Å². The molecule has 0 aromatic heterocycles. The van der Waals surface area contributed by atoms with Crippen molar-refractivity contribution in [3.05, 3.63) is 59.7 Å². The van der Waals surface area contributed by atoms with Gasteiger partial charge in [0, 0.05) is 23.7 Å². The van der Waals surface area contributed by atoms with Gasteiger partial charge in [0.05, 0.1) is 11.3 Å². The molecule has 0 fully saturated rings. The number of carboxylic acids is 1. The Labute approximate surface area is 168 Å². The molecule has 28 heavy (non-hydrogen) atoms. The van der Waals surface area contributed by atoms with Gasteiger partial charge in [-0.3, -0.25) is 14.4 Å². The van der Waals surface area contributed by atoms with Crippen molar-refractivity contribution in [1.29, 1.82) is 0 Å². The van der Waals surface area contributed by atoms with Crippen LogP contribution in [0.15, 0.2) is 53.4 Å². The Morgan fingerprint density at radius 1 is 1.11 bits per heavy atom. The molecule has 0 bridgehead atoms. The molecule has 0 aliphatic carbocycles. The lowest BCUT2D eigenvalue weighted by Gasteiger charge is -2.21. The molecule has 6 nitrogen and oxygen atoms in total. The van der Waals surface area contributed by atoms with Gasteiger partial charge in [-0.15, -0.1) is 11.8 Å². The highest BCUT2D eigenvalue weighted by Crippen LogP contribution is 2.30. The predicted molar refractivity (Wildman–Crippen MR) is 109 cm³/mol. The highest BCUT2D eigenvalue weighted by molar-refractivity contribution is 8.00. The summed E-state index contributed by atoms with van der Waals surface area (Å²) in [6.45, 7) is 2.36. The van der Waals surface area contributed by atoms with E-state index in [4.69, 9.17) is 5.11 Å². The van der Waals surface area contributed by atoms with E-state index < -0.39 is 5.97 Å². The number of para-hydroxylation sites is 1. The number of rotatable bonds is 7. The Balaban J connectivity index is 1.71. The van der Waals surface area contributed by atoms with Crippen molar-refractivity contribution in [1.82, 2.24) is 4.90 Å². The minimum absolute atomic E-state index is 0.00455. The summed E-state index contributed by atoms with van der Waals surface area (Å²) in [5.41, 5.74) is 2.55. The zero-order chi connectivity index (χ0) is 20.1. The zero-order valence-corrected chi connectivity index (χ0v) is 16.4. The summed E-state index contributed by atoms with van der Waals surface area (Å²) in [6, 6.07) is 14.9. The average molecular weight is 398 g/mol. The van der Waals surface area contributed by atoms with Crippen LogP contribution in [-0.4, -0.2) is 53.2 Å². The third-order valence-electron chi connectivity index (χ3n) is 4.65. The van der Waals surface area contributed by atoms with Gasteiger partial charge in [0.15, 0.2) is 0 Å². The lowest BCUT2D eigenvalue weighted by Crippen LogP contribution is -2.35. The Kier molecular flexibility index (Phi) is 6.36. The van der Waals surface area contributed by atoms with Crippen molar-refractivity contribution in [3.63, 3.8) is 0 Å². The van der Waals surface area contributed by atoms with Gasteiger partial charge in [0.25, 0.3) is 5.91 Å². The molecule has 1 aliphatic rings. The number of carbonyl (C=O) groups excluding carboxylic acids is 2. The number of hydrogen-bond acceptors (Lipinski definition) is 4. The number of likely N-dealkylation sites (N-methyl/N-ethyl adjacent to an activating group) is 1. The number of nitrogens with zero attached hydrogens (tertiary/aromatic N) is 2. The van der Waals surface area contributed by atoms with Crippen molar-refractivity contribution in [2.45, 2.75) is 18.2 Å². The molecule has 0 radical (unpaired) electrons. The number of aliphatic carboxylic acids is 1. The third-order valence-corrected chi connectivity index (χ3v) is 5.71. The van der Waals surface area contributed by atoms with Gasteiger partial charge in [-0.2, -0.15) is 0 Å². The van der Waals surface area contributed by atoms with Gasteiger partial charge >= 0.3 is 5.97 Å². The number of anilines is 1. The van der Waals surface area contributed by atoms with E-state index in [2.05, 4.69) is 0 Å². The van der Waals surface area contributed by atoms with E-state index in [-0.39, 0.29) is 24.1 Å². The van der Waals surface area contributed by atoms with Gasteiger partial charge < -0.3 is 14.9 Å². The minimum atomic E-state index is -1.05. The van der Waals surface area contributed by atoms with E-state index in [1.165, 1.54) is 22.2 Å². The number of amides is 2. The molecule has 2 aromatic rings. The van der Waals surface area contributed by atoms with E-state index in [1.54, 1.807) is 30.0 Å². The van der Waals surface area contributed by atoms with E-state index in [9.17, 15) is 14.4 Å². The van der Waals surface area contributed by atoms with E-state index in [1.807, 2.05) is 30.3 Å². The molecule has 1 N–H and O–H groups in total. The fourth-order valence-corrected chi connectivity index (χ4v) is 4.17. The van der Waals surface area contributed by atoms with Crippen LogP contribution in [0, 0.1) is 0 Å². The van der Waals surface area contributed by atoms with Crippen molar-refractivity contribution in [3.8, 4) is 0 Å². The van der Waals surface area contributed by atoms with Crippen molar-refractivity contribution < 1.29 is 19.5 Å². The zero-order valence-electron chi connectivity index (χ0n) is 15.6. The molecule has 0 unspecified atom stereocenters. The van der Waals surface area contributed by atoms with Crippen LogP contribution < -0.4 is 4.90 Å². The lowest BCUT2D eigenvalue weighted by atomic mass is 10.2. The summed E-state index contributed by atoms with van der Waals surface area (Å²) in [5.74, 6) is -1.19. The van der Waals surface area contributed by atoms with Crippen LogP contribution in [0.3, 0.4) is 0 Å². The van der Waals surface area contributed by atoms with Crippen LogP contribution >= 0.6 is 11.8 Å². The SMILES string of the molecule is CCN(CC(=O)O)C(=O)c1ccccc1SCC(=O)N1CCc2ccccc21. The molecule has 0 saturated heterocycles. The summed E-state index contributed by atoms with van der Waals surface area (Å²) >= 11 is 1.31. The molecule has 7 heteroatoms. The Morgan fingerprint density at radius 2 is 1.82 bits per heavy atom. The molecule has 2 amide bonds. The molecule has 1 heterocycles. The number of fused-ring (bicyclic) bond motifs is 1. The Morgan fingerprint density at radius 3 is 2.57 bits per heavy atom.